The molecule has 2 heterocycles. The summed E-state index contributed by atoms with van der Waals surface area (Å²) in [6.45, 7) is 13.7. The Morgan fingerprint density at radius 3 is 1.16 bits per heavy atom. The van der Waals surface area contributed by atoms with Crippen molar-refractivity contribution >= 4 is 0 Å². The van der Waals surface area contributed by atoms with Crippen molar-refractivity contribution in [3.8, 4) is 67.7 Å². The van der Waals surface area contributed by atoms with Gasteiger partial charge < -0.3 is 0 Å². The quantitative estimate of drug-likeness (QED) is 0.153. The highest BCUT2D eigenvalue weighted by atomic mass is 15.0. The van der Waals surface area contributed by atoms with Gasteiger partial charge in [-0.25, -0.2) is 15.0 Å². The summed E-state index contributed by atoms with van der Waals surface area (Å²) < 4.78 is 0. The Labute approximate surface area is 369 Å². The van der Waals surface area contributed by atoms with Crippen LogP contribution in [0, 0.1) is 0 Å². The van der Waals surface area contributed by atoms with Crippen molar-refractivity contribution in [1.29, 1.82) is 0 Å². The molecule has 0 unspecified atom stereocenters. The van der Waals surface area contributed by atoms with Crippen LogP contribution < -0.4 is 0 Å². The molecule has 62 heavy (non-hydrogen) atoms. The fraction of sp³-hybridized carbons (Fsp3) is 0.351. The predicted octanol–water partition coefficient (Wildman–Crippen LogP) is 15.4. The van der Waals surface area contributed by atoms with Gasteiger partial charge in [0.15, 0.2) is 17.5 Å². The molecule has 2 fully saturated rings. The van der Waals surface area contributed by atoms with Gasteiger partial charge in [0, 0.05) is 34.6 Å². The van der Waals surface area contributed by atoms with E-state index in [-0.39, 0.29) is 10.8 Å². The first kappa shape index (κ1) is 41.5. The van der Waals surface area contributed by atoms with Crippen LogP contribution in [0.1, 0.15) is 140 Å². The van der Waals surface area contributed by atoms with E-state index in [1.165, 1.54) is 97.6 Å². The zero-order valence-corrected chi connectivity index (χ0v) is 37.6. The minimum atomic E-state index is 0.0371. The maximum absolute atomic E-state index is 5.17. The number of hydrogen-bond acceptors (Lipinski definition) is 5. The van der Waals surface area contributed by atoms with E-state index >= 15 is 0 Å². The molecule has 5 heteroatoms. The molecule has 2 saturated carbocycles. The van der Waals surface area contributed by atoms with Gasteiger partial charge in [0.2, 0.25) is 0 Å². The van der Waals surface area contributed by atoms with Gasteiger partial charge in [-0.3, -0.25) is 9.97 Å². The molecule has 0 aliphatic heterocycles. The van der Waals surface area contributed by atoms with E-state index in [2.05, 4.69) is 161 Å². The van der Waals surface area contributed by atoms with E-state index in [0.29, 0.717) is 29.3 Å². The average Bonchev–Trinajstić information content (AvgIpc) is 3.31. The fourth-order valence-corrected chi connectivity index (χ4v) is 9.47. The van der Waals surface area contributed by atoms with Gasteiger partial charge >= 0.3 is 0 Å². The molecule has 314 valence electrons. The highest BCUT2D eigenvalue weighted by Gasteiger charge is 2.23. The van der Waals surface area contributed by atoms with Crippen molar-refractivity contribution in [2.75, 3.05) is 0 Å². The van der Waals surface area contributed by atoms with Crippen LogP contribution in [0.5, 0.6) is 0 Å². The maximum atomic E-state index is 5.17. The largest absolute Gasteiger partial charge is 0.261 e. The van der Waals surface area contributed by atoms with Crippen LogP contribution >= 0.6 is 0 Å². The molecular formula is C57H61N5. The molecule has 7 aromatic rings. The first-order valence-electron chi connectivity index (χ1n) is 23.1. The SMILES string of the molecule is CC(C)(C)c1cc(-c2ccc(-c3nc(-c4ccc(-c5cc(C6CCCCC6)cc(C6CCCCC6)c5)cc4)nc(-c4ccc(-c5cnccn5)cc4)n3)cc2)cc(C(C)(C)C)c1. The van der Waals surface area contributed by atoms with Gasteiger partial charge in [-0.1, -0.05) is 189 Å². The molecule has 5 nitrogen and oxygen atoms in total. The number of benzene rings is 5. The fourth-order valence-electron chi connectivity index (χ4n) is 9.47. The Morgan fingerprint density at radius 2 is 0.774 bits per heavy atom. The van der Waals surface area contributed by atoms with E-state index in [1.807, 2.05) is 0 Å². The van der Waals surface area contributed by atoms with Gasteiger partial charge in [0.25, 0.3) is 0 Å². The summed E-state index contributed by atoms with van der Waals surface area (Å²) in [4.78, 5) is 24.2. The molecule has 2 aliphatic rings. The standard InChI is InChI=1S/C57H61N5/c1-56(2,3)50-34-49(35-51(36-50)57(4,5)6)41-19-25-44(26-20-41)54-60-53(61-55(62-54)45-27-21-42(22-28-45)52-37-58-29-30-59-52)43-23-17-40(18-24-43)48-32-46(38-13-9-7-10-14-38)31-47(33-48)39-15-11-8-12-16-39/h17-39H,7-16H2,1-6H3. The van der Waals surface area contributed by atoms with Crippen molar-refractivity contribution in [1.82, 2.24) is 24.9 Å². The van der Waals surface area contributed by atoms with Gasteiger partial charge in [0.05, 0.1) is 11.9 Å². The molecule has 9 rings (SSSR count). The average molecular weight is 816 g/mol. The molecule has 0 atom stereocenters. The van der Waals surface area contributed by atoms with Crippen LogP contribution in [0.25, 0.3) is 67.7 Å². The smallest absolute Gasteiger partial charge is 0.164 e. The van der Waals surface area contributed by atoms with Crippen LogP contribution in [-0.4, -0.2) is 24.9 Å². The highest BCUT2D eigenvalue weighted by Crippen LogP contribution is 2.41. The van der Waals surface area contributed by atoms with Crippen molar-refractivity contribution in [2.24, 2.45) is 0 Å². The second-order valence-corrected chi connectivity index (χ2v) is 20.0. The van der Waals surface area contributed by atoms with Crippen LogP contribution in [0.3, 0.4) is 0 Å². The minimum Gasteiger partial charge on any atom is -0.261 e. The van der Waals surface area contributed by atoms with Crippen molar-refractivity contribution in [3.63, 3.8) is 0 Å². The van der Waals surface area contributed by atoms with E-state index in [4.69, 9.17) is 15.0 Å². The van der Waals surface area contributed by atoms with Crippen LogP contribution in [-0.2, 0) is 10.8 Å². The topological polar surface area (TPSA) is 64.5 Å². The number of hydrogen-bond donors (Lipinski definition) is 0. The molecule has 0 saturated heterocycles. The third kappa shape index (κ3) is 9.33. The van der Waals surface area contributed by atoms with Crippen molar-refractivity contribution in [3.05, 3.63) is 150 Å². The predicted molar refractivity (Wildman–Crippen MR) is 257 cm³/mol. The van der Waals surface area contributed by atoms with Crippen LogP contribution in [0.4, 0.5) is 0 Å². The minimum absolute atomic E-state index is 0.0371. The molecule has 2 aliphatic carbocycles. The second kappa shape index (κ2) is 17.5. The lowest BCUT2D eigenvalue weighted by Gasteiger charge is -2.27. The lowest BCUT2D eigenvalue weighted by atomic mass is 9.78. The van der Waals surface area contributed by atoms with E-state index in [0.717, 1.165) is 27.9 Å². The molecule has 0 N–H and O–H groups in total. The van der Waals surface area contributed by atoms with E-state index in [9.17, 15) is 0 Å². The van der Waals surface area contributed by atoms with E-state index in [1.54, 1.807) is 29.7 Å². The number of aromatic nitrogens is 5. The molecule has 5 aromatic carbocycles. The molecular weight excluding hydrogens is 755 g/mol. The van der Waals surface area contributed by atoms with Gasteiger partial charge in [-0.2, -0.15) is 0 Å². The molecule has 0 radical (unpaired) electrons. The third-order valence-corrected chi connectivity index (χ3v) is 13.4. The lowest BCUT2D eigenvalue weighted by Crippen LogP contribution is -2.16. The zero-order chi connectivity index (χ0) is 42.8. The molecule has 0 bridgehead atoms. The van der Waals surface area contributed by atoms with Crippen molar-refractivity contribution in [2.45, 2.75) is 128 Å². The van der Waals surface area contributed by atoms with E-state index < -0.39 is 0 Å². The van der Waals surface area contributed by atoms with Crippen molar-refractivity contribution < 1.29 is 0 Å². The monoisotopic (exact) mass is 815 g/mol. The Hall–Kier alpha value is -5.81. The summed E-state index contributed by atoms with van der Waals surface area (Å²) in [6.07, 6.45) is 18.6. The Morgan fingerprint density at radius 1 is 0.387 bits per heavy atom. The molecule has 0 spiro atoms. The maximum Gasteiger partial charge on any atom is 0.164 e. The Kier molecular flexibility index (Phi) is 11.7. The summed E-state index contributed by atoms with van der Waals surface area (Å²) >= 11 is 0. The number of rotatable bonds is 8. The number of nitrogens with zero attached hydrogens (tertiary/aromatic N) is 5. The normalized spacial score (nSPS) is 15.5. The summed E-state index contributed by atoms with van der Waals surface area (Å²) in [6, 6.07) is 40.6. The highest BCUT2D eigenvalue weighted by molar-refractivity contribution is 5.74. The Balaban J connectivity index is 1.09. The lowest BCUT2D eigenvalue weighted by molar-refractivity contribution is 0.435. The molecule has 0 amide bonds. The third-order valence-electron chi connectivity index (χ3n) is 13.4. The van der Waals surface area contributed by atoms with Gasteiger partial charge in [-0.15, -0.1) is 0 Å². The second-order valence-electron chi connectivity index (χ2n) is 20.0. The van der Waals surface area contributed by atoms with Gasteiger partial charge in [-0.05, 0) is 92.9 Å². The molecule has 2 aromatic heterocycles. The summed E-state index contributed by atoms with van der Waals surface area (Å²) in [5.74, 6) is 3.28. The Bertz CT molecular complexity index is 2550. The van der Waals surface area contributed by atoms with Crippen LogP contribution in [0.2, 0.25) is 0 Å². The summed E-state index contributed by atoms with van der Waals surface area (Å²) in [5.41, 5.74) is 15.5. The van der Waals surface area contributed by atoms with Crippen LogP contribution in [0.15, 0.2) is 128 Å². The zero-order valence-electron chi connectivity index (χ0n) is 37.6. The summed E-state index contributed by atoms with van der Waals surface area (Å²) in [7, 11) is 0. The first-order chi connectivity index (χ1) is 29.9. The first-order valence-corrected chi connectivity index (χ1v) is 23.1. The summed E-state index contributed by atoms with van der Waals surface area (Å²) in [5, 5.41) is 0. The van der Waals surface area contributed by atoms with Gasteiger partial charge in [0.1, 0.15) is 0 Å².